The summed E-state index contributed by atoms with van der Waals surface area (Å²) in [5.41, 5.74) is 0. The van der Waals surface area contributed by atoms with E-state index in [2.05, 4.69) is 9.97 Å². The van der Waals surface area contributed by atoms with Crippen LogP contribution in [0.2, 0.25) is 5.15 Å². The Morgan fingerprint density at radius 1 is 1.44 bits per heavy atom. The zero-order chi connectivity index (χ0) is 11.5. The van der Waals surface area contributed by atoms with Crippen LogP contribution in [0.25, 0.3) is 0 Å². The molecule has 0 aromatic carbocycles. The van der Waals surface area contributed by atoms with Crippen molar-refractivity contribution in [3.63, 3.8) is 0 Å². The Morgan fingerprint density at radius 3 is 2.81 bits per heavy atom. The Kier molecular flexibility index (Phi) is 3.64. The van der Waals surface area contributed by atoms with Crippen LogP contribution in [-0.2, 0) is 0 Å². The summed E-state index contributed by atoms with van der Waals surface area (Å²) in [7, 11) is 0. The molecular formula is C12H17ClN2O. The molecule has 1 aliphatic rings. The second kappa shape index (κ2) is 5.00. The first-order chi connectivity index (χ1) is 7.65. The van der Waals surface area contributed by atoms with Gasteiger partial charge in [-0.3, -0.25) is 0 Å². The Hall–Kier alpha value is -0.830. The van der Waals surface area contributed by atoms with Crippen LogP contribution in [0.5, 0.6) is 5.88 Å². The van der Waals surface area contributed by atoms with Gasteiger partial charge in [0.2, 0.25) is 5.88 Å². The number of nitrogens with zero attached hydrogens (tertiary/aromatic N) is 2. The van der Waals surface area contributed by atoms with Gasteiger partial charge in [0, 0.05) is 12.0 Å². The Morgan fingerprint density at radius 2 is 2.19 bits per heavy atom. The second-order valence-corrected chi connectivity index (χ2v) is 5.01. The number of hydrogen-bond acceptors (Lipinski definition) is 3. The van der Waals surface area contributed by atoms with Crippen molar-refractivity contribution in [1.82, 2.24) is 9.97 Å². The molecule has 0 bridgehead atoms. The Bertz CT molecular complexity index is 364. The third-order valence-corrected chi connectivity index (χ3v) is 2.87. The second-order valence-electron chi connectivity index (χ2n) is 4.62. The highest BCUT2D eigenvalue weighted by molar-refractivity contribution is 6.29. The SMILES string of the molecule is CC(C)c1nc(Cl)cc(OCCC2CC2)n1. The van der Waals surface area contributed by atoms with E-state index in [9.17, 15) is 0 Å². The molecule has 3 nitrogen and oxygen atoms in total. The normalized spacial score (nSPS) is 15.5. The van der Waals surface area contributed by atoms with Gasteiger partial charge in [0.15, 0.2) is 0 Å². The first-order valence-electron chi connectivity index (χ1n) is 5.82. The third-order valence-electron chi connectivity index (χ3n) is 2.68. The van der Waals surface area contributed by atoms with E-state index in [4.69, 9.17) is 16.3 Å². The summed E-state index contributed by atoms with van der Waals surface area (Å²) in [5, 5.41) is 0.458. The van der Waals surface area contributed by atoms with Crippen molar-refractivity contribution in [2.45, 2.75) is 39.0 Å². The molecule has 2 rings (SSSR count). The van der Waals surface area contributed by atoms with E-state index < -0.39 is 0 Å². The molecule has 4 heteroatoms. The van der Waals surface area contributed by atoms with Crippen LogP contribution in [-0.4, -0.2) is 16.6 Å². The van der Waals surface area contributed by atoms with E-state index in [1.807, 2.05) is 13.8 Å². The molecule has 1 heterocycles. The van der Waals surface area contributed by atoms with Crippen molar-refractivity contribution in [2.24, 2.45) is 5.92 Å². The predicted octanol–water partition coefficient (Wildman–Crippen LogP) is 3.43. The van der Waals surface area contributed by atoms with Crippen LogP contribution in [0.4, 0.5) is 0 Å². The number of ether oxygens (including phenoxy) is 1. The summed E-state index contributed by atoms with van der Waals surface area (Å²) >= 11 is 5.92. The molecule has 1 aromatic heterocycles. The molecule has 1 saturated carbocycles. The highest BCUT2D eigenvalue weighted by atomic mass is 35.5. The summed E-state index contributed by atoms with van der Waals surface area (Å²) < 4.78 is 5.59. The molecular weight excluding hydrogens is 224 g/mol. The first-order valence-corrected chi connectivity index (χ1v) is 6.20. The molecule has 1 fully saturated rings. The minimum Gasteiger partial charge on any atom is -0.478 e. The van der Waals surface area contributed by atoms with Crippen molar-refractivity contribution < 1.29 is 4.74 Å². The van der Waals surface area contributed by atoms with Gasteiger partial charge in [0.05, 0.1) is 6.61 Å². The minimum atomic E-state index is 0.268. The van der Waals surface area contributed by atoms with Crippen LogP contribution < -0.4 is 4.74 Å². The summed E-state index contributed by atoms with van der Waals surface area (Å²) in [5.74, 6) is 2.49. The maximum Gasteiger partial charge on any atom is 0.218 e. The molecule has 88 valence electrons. The molecule has 0 spiro atoms. The van der Waals surface area contributed by atoms with E-state index in [1.165, 1.54) is 12.8 Å². The standard InChI is InChI=1S/C12H17ClN2O/c1-8(2)12-14-10(13)7-11(15-12)16-6-5-9-3-4-9/h7-9H,3-6H2,1-2H3. The molecule has 0 aliphatic heterocycles. The summed E-state index contributed by atoms with van der Waals surface area (Å²) in [6.07, 6.45) is 3.83. The highest BCUT2D eigenvalue weighted by Crippen LogP contribution is 2.32. The molecule has 0 N–H and O–H groups in total. The fourth-order valence-electron chi connectivity index (χ4n) is 1.48. The number of halogens is 1. The molecule has 1 aliphatic carbocycles. The van der Waals surface area contributed by atoms with E-state index in [0.717, 1.165) is 24.8 Å². The van der Waals surface area contributed by atoms with Gasteiger partial charge in [0.25, 0.3) is 0 Å². The van der Waals surface area contributed by atoms with Crippen molar-refractivity contribution in [2.75, 3.05) is 6.61 Å². The monoisotopic (exact) mass is 240 g/mol. The Balaban J connectivity index is 1.95. The molecule has 0 unspecified atom stereocenters. The van der Waals surface area contributed by atoms with Gasteiger partial charge >= 0.3 is 0 Å². The van der Waals surface area contributed by atoms with E-state index >= 15 is 0 Å². The van der Waals surface area contributed by atoms with Gasteiger partial charge in [-0.15, -0.1) is 0 Å². The van der Waals surface area contributed by atoms with Crippen molar-refractivity contribution >= 4 is 11.6 Å². The van der Waals surface area contributed by atoms with Gasteiger partial charge in [0.1, 0.15) is 11.0 Å². The average molecular weight is 241 g/mol. The van der Waals surface area contributed by atoms with Crippen LogP contribution in [0.3, 0.4) is 0 Å². The van der Waals surface area contributed by atoms with Crippen LogP contribution in [0, 0.1) is 5.92 Å². The maximum absolute atomic E-state index is 5.92. The largest absolute Gasteiger partial charge is 0.478 e. The predicted molar refractivity (Wildman–Crippen MR) is 64.0 cm³/mol. The zero-order valence-electron chi connectivity index (χ0n) is 9.74. The van der Waals surface area contributed by atoms with Gasteiger partial charge < -0.3 is 4.74 Å². The summed E-state index contributed by atoms with van der Waals surface area (Å²) in [6, 6.07) is 1.68. The van der Waals surface area contributed by atoms with E-state index in [-0.39, 0.29) is 5.92 Å². The summed E-state index contributed by atoms with van der Waals surface area (Å²) in [6.45, 7) is 4.81. The molecule has 0 radical (unpaired) electrons. The smallest absolute Gasteiger partial charge is 0.218 e. The topological polar surface area (TPSA) is 35.0 Å². The van der Waals surface area contributed by atoms with Crippen LogP contribution >= 0.6 is 11.6 Å². The molecule has 0 saturated heterocycles. The van der Waals surface area contributed by atoms with Gasteiger partial charge in [-0.2, -0.15) is 4.98 Å². The molecule has 0 amide bonds. The highest BCUT2D eigenvalue weighted by Gasteiger charge is 2.20. The quantitative estimate of drug-likeness (QED) is 0.740. The van der Waals surface area contributed by atoms with Gasteiger partial charge in [-0.25, -0.2) is 4.98 Å². The fraction of sp³-hybridized carbons (Fsp3) is 0.667. The van der Waals surface area contributed by atoms with Crippen molar-refractivity contribution in [1.29, 1.82) is 0 Å². The van der Waals surface area contributed by atoms with Crippen molar-refractivity contribution in [3.05, 3.63) is 17.0 Å². The molecule has 1 aromatic rings. The average Bonchev–Trinajstić information content (AvgIpc) is 3.01. The third kappa shape index (κ3) is 3.34. The number of aromatic nitrogens is 2. The lowest BCUT2D eigenvalue weighted by atomic mass is 10.2. The van der Waals surface area contributed by atoms with Crippen LogP contribution in [0.1, 0.15) is 44.9 Å². The van der Waals surface area contributed by atoms with Gasteiger partial charge in [-0.05, 0) is 12.3 Å². The number of rotatable bonds is 5. The van der Waals surface area contributed by atoms with E-state index in [0.29, 0.717) is 11.0 Å². The Labute approximate surface area is 101 Å². The lowest BCUT2D eigenvalue weighted by Crippen LogP contribution is -2.04. The summed E-state index contributed by atoms with van der Waals surface area (Å²) in [4.78, 5) is 8.50. The first kappa shape index (κ1) is 11.6. The maximum atomic E-state index is 5.92. The lowest BCUT2D eigenvalue weighted by Gasteiger charge is -2.08. The lowest BCUT2D eigenvalue weighted by molar-refractivity contribution is 0.289. The molecule has 16 heavy (non-hydrogen) atoms. The minimum absolute atomic E-state index is 0.268. The van der Waals surface area contributed by atoms with Crippen LogP contribution in [0.15, 0.2) is 6.07 Å². The zero-order valence-corrected chi connectivity index (χ0v) is 10.5. The fourth-order valence-corrected chi connectivity index (χ4v) is 1.66. The van der Waals surface area contributed by atoms with Gasteiger partial charge in [-0.1, -0.05) is 38.3 Å². The van der Waals surface area contributed by atoms with E-state index in [1.54, 1.807) is 6.07 Å². The molecule has 0 atom stereocenters. The number of hydrogen-bond donors (Lipinski definition) is 0. The van der Waals surface area contributed by atoms with Crippen molar-refractivity contribution in [3.8, 4) is 5.88 Å².